The van der Waals surface area contributed by atoms with Gasteiger partial charge in [-0.2, -0.15) is 0 Å². The average Bonchev–Trinajstić information content (AvgIpc) is 2.95. The number of amides is 2. The molecule has 2 saturated heterocycles. The number of aromatic nitrogens is 2. The number of cyclic esters (lactones) is 1. The van der Waals surface area contributed by atoms with Crippen LogP contribution < -0.4 is 4.74 Å². The van der Waals surface area contributed by atoms with Crippen LogP contribution in [0.3, 0.4) is 0 Å². The van der Waals surface area contributed by atoms with Gasteiger partial charge in [0.25, 0.3) is 0 Å². The molecular weight excluding hydrogens is 324 g/mol. The SMILES string of the molecule is O=C(CN1CCOC1=O)N1CCCC(Oc2ncc(Cl)cn2)C1. The third kappa shape index (κ3) is 4.01. The smallest absolute Gasteiger partial charge is 0.410 e. The minimum absolute atomic E-state index is 0.0446. The Labute approximate surface area is 138 Å². The number of hydrogen-bond donors (Lipinski definition) is 0. The molecule has 23 heavy (non-hydrogen) atoms. The maximum Gasteiger partial charge on any atom is 0.410 e. The molecule has 3 rings (SSSR count). The predicted octanol–water partition coefficient (Wildman–Crippen LogP) is 0.952. The summed E-state index contributed by atoms with van der Waals surface area (Å²) in [6.07, 6.45) is 3.98. The van der Waals surface area contributed by atoms with Crippen molar-refractivity contribution in [2.24, 2.45) is 0 Å². The van der Waals surface area contributed by atoms with Crippen molar-refractivity contribution in [3.05, 3.63) is 17.4 Å². The highest BCUT2D eigenvalue weighted by molar-refractivity contribution is 6.30. The molecule has 0 aliphatic carbocycles. The molecule has 0 bridgehead atoms. The van der Waals surface area contributed by atoms with Gasteiger partial charge < -0.3 is 14.4 Å². The summed E-state index contributed by atoms with van der Waals surface area (Å²) in [4.78, 5) is 34.8. The molecule has 8 nitrogen and oxygen atoms in total. The number of nitrogens with zero attached hydrogens (tertiary/aromatic N) is 4. The Bertz CT molecular complexity index is 583. The molecule has 0 saturated carbocycles. The van der Waals surface area contributed by atoms with Crippen molar-refractivity contribution in [2.75, 3.05) is 32.8 Å². The van der Waals surface area contributed by atoms with Crippen molar-refractivity contribution in [3.63, 3.8) is 0 Å². The van der Waals surface area contributed by atoms with E-state index in [-0.39, 0.29) is 24.6 Å². The van der Waals surface area contributed by atoms with Crippen molar-refractivity contribution < 1.29 is 19.1 Å². The normalized spacial score (nSPS) is 21.3. The summed E-state index contributed by atoms with van der Waals surface area (Å²) >= 11 is 5.74. The molecule has 0 N–H and O–H groups in total. The van der Waals surface area contributed by atoms with E-state index in [1.165, 1.54) is 17.3 Å². The largest absolute Gasteiger partial charge is 0.458 e. The summed E-state index contributed by atoms with van der Waals surface area (Å²) in [7, 11) is 0. The van der Waals surface area contributed by atoms with E-state index in [0.717, 1.165) is 12.8 Å². The van der Waals surface area contributed by atoms with Crippen LogP contribution in [0, 0.1) is 0 Å². The summed E-state index contributed by atoms with van der Waals surface area (Å²) < 4.78 is 10.5. The lowest BCUT2D eigenvalue weighted by Crippen LogP contribution is -2.48. The van der Waals surface area contributed by atoms with Crippen LogP contribution in [0.4, 0.5) is 4.79 Å². The zero-order chi connectivity index (χ0) is 16.2. The maximum atomic E-state index is 12.3. The summed E-state index contributed by atoms with van der Waals surface area (Å²) in [5.74, 6) is -0.103. The van der Waals surface area contributed by atoms with Gasteiger partial charge in [0.05, 0.1) is 30.5 Å². The fourth-order valence-corrected chi connectivity index (χ4v) is 2.70. The summed E-state index contributed by atoms with van der Waals surface area (Å²) in [6.45, 7) is 1.95. The van der Waals surface area contributed by atoms with E-state index in [2.05, 4.69) is 9.97 Å². The lowest BCUT2D eigenvalue weighted by Gasteiger charge is -2.33. The number of ether oxygens (including phenoxy) is 2. The van der Waals surface area contributed by atoms with Gasteiger partial charge in [-0.05, 0) is 12.8 Å². The zero-order valence-electron chi connectivity index (χ0n) is 12.5. The summed E-state index contributed by atoms with van der Waals surface area (Å²) in [5.41, 5.74) is 0. The predicted molar refractivity (Wildman–Crippen MR) is 80.2 cm³/mol. The Hall–Kier alpha value is -2.09. The highest BCUT2D eigenvalue weighted by atomic mass is 35.5. The van der Waals surface area contributed by atoms with Crippen molar-refractivity contribution in [1.29, 1.82) is 0 Å². The molecule has 3 heterocycles. The van der Waals surface area contributed by atoms with Crippen LogP contribution in [0.15, 0.2) is 12.4 Å². The Morgan fingerprint density at radius 2 is 2.17 bits per heavy atom. The van der Waals surface area contributed by atoms with Crippen LogP contribution in [-0.4, -0.2) is 70.7 Å². The fourth-order valence-electron chi connectivity index (χ4n) is 2.60. The van der Waals surface area contributed by atoms with Crippen LogP contribution >= 0.6 is 11.6 Å². The lowest BCUT2D eigenvalue weighted by atomic mass is 10.1. The number of carbonyl (C=O) groups is 2. The van der Waals surface area contributed by atoms with Crippen LogP contribution in [0.25, 0.3) is 0 Å². The van der Waals surface area contributed by atoms with Gasteiger partial charge in [0.2, 0.25) is 5.91 Å². The molecule has 0 aromatic carbocycles. The second-order valence-electron chi connectivity index (χ2n) is 5.44. The summed E-state index contributed by atoms with van der Waals surface area (Å²) in [5, 5.41) is 0.440. The zero-order valence-corrected chi connectivity index (χ0v) is 13.2. The van der Waals surface area contributed by atoms with Gasteiger partial charge in [-0.15, -0.1) is 0 Å². The van der Waals surface area contributed by atoms with Gasteiger partial charge in [-0.1, -0.05) is 11.6 Å². The van der Waals surface area contributed by atoms with E-state index in [4.69, 9.17) is 21.1 Å². The van der Waals surface area contributed by atoms with Gasteiger partial charge in [0, 0.05) is 6.54 Å². The van der Waals surface area contributed by atoms with Crippen LogP contribution in [-0.2, 0) is 9.53 Å². The minimum Gasteiger partial charge on any atom is -0.458 e. The molecule has 2 fully saturated rings. The molecule has 9 heteroatoms. The molecule has 1 atom stereocenters. The molecule has 1 aromatic heterocycles. The topological polar surface area (TPSA) is 84.9 Å². The monoisotopic (exact) mass is 340 g/mol. The van der Waals surface area contributed by atoms with Crippen LogP contribution in [0.2, 0.25) is 5.02 Å². The average molecular weight is 341 g/mol. The van der Waals surface area contributed by atoms with Crippen LogP contribution in [0.1, 0.15) is 12.8 Å². The van der Waals surface area contributed by atoms with E-state index < -0.39 is 6.09 Å². The van der Waals surface area contributed by atoms with Crippen molar-refractivity contribution in [3.8, 4) is 6.01 Å². The standard InChI is InChI=1S/C14H17ClN4O4/c15-10-6-16-13(17-7-10)23-11-2-1-3-18(8-11)12(20)9-19-4-5-22-14(19)21/h6-7,11H,1-5,8-9H2. The highest BCUT2D eigenvalue weighted by Gasteiger charge is 2.30. The molecule has 2 amide bonds. The van der Waals surface area contributed by atoms with Crippen molar-refractivity contribution in [1.82, 2.24) is 19.8 Å². The molecule has 1 unspecified atom stereocenters. The first-order chi connectivity index (χ1) is 11.1. The molecule has 1 aromatic rings. The van der Waals surface area contributed by atoms with Gasteiger partial charge in [0.15, 0.2) is 0 Å². The Balaban J connectivity index is 1.54. The molecular formula is C14H17ClN4O4. The first-order valence-electron chi connectivity index (χ1n) is 7.45. The van der Waals surface area contributed by atoms with E-state index in [1.807, 2.05) is 0 Å². The first kappa shape index (κ1) is 15.8. The Morgan fingerprint density at radius 3 is 2.87 bits per heavy atom. The van der Waals surface area contributed by atoms with Gasteiger partial charge >= 0.3 is 12.1 Å². The van der Waals surface area contributed by atoms with Gasteiger partial charge in [-0.3, -0.25) is 9.69 Å². The third-order valence-corrected chi connectivity index (χ3v) is 3.97. The second-order valence-corrected chi connectivity index (χ2v) is 5.88. The molecule has 2 aliphatic heterocycles. The number of piperidine rings is 1. The number of rotatable bonds is 4. The lowest BCUT2D eigenvalue weighted by molar-refractivity contribution is -0.134. The van der Waals surface area contributed by atoms with Crippen LogP contribution in [0.5, 0.6) is 6.01 Å². The van der Waals surface area contributed by atoms with E-state index in [1.54, 1.807) is 4.90 Å². The molecule has 0 radical (unpaired) electrons. The summed E-state index contributed by atoms with van der Waals surface area (Å²) in [6, 6.07) is 0.247. The molecule has 0 spiro atoms. The number of likely N-dealkylation sites (tertiary alicyclic amines) is 1. The minimum atomic E-state index is -0.433. The van der Waals surface area contributed by atoms with E-state index >= 15 is 0 Å². The first-order valence-corrected chi connectivity index (χ1v) is 7.83. The van der Waals surface area contributed by atoms with Crippen molar-refractivity contribution >= 4 is 23.6 Å². The number of carbonyl (C=O) groups excluding carboxylic acids is 2. The second kappa shape index (κ2) is 6.99. The third-order valence-electron chi connectivity index (χ3n) is 3.77. The molecule has 2 aliphatic rings. The van der Waals surface area contributed by atoms with E-state index in [0.29, 0.717) is 31.3 Å². The maximum absolute atomic E-state index is 12.3. The van der Waals surface area contributed by atoms with Gasteiger partial charge in [0.1, 0.15) is 19.3 Å². The number of halogens is 1. The Kier molecular flexibility index (Phi) is 4.80. The fraction of sp³-hybridized carbons (Fsp3) is 0.571. The van der Waals surface area contributed by atoms with E-state index in [9.17, 15) is 9.59 Å². The Morgan fingerprint density at radius 1 is 1.39 bits per heavy atom. The van der Waals surface area contributed by atoms with Crippen molar-refractivity contribution in [2.45, 2.75) is 18.9 Å². The van der Waals surface area contributed by atoms with Gasteiger partial charge in [-0.25, -0.2) is 14.8 Å². The number of hydrogen-bond acceptors (Lipinski definition) is 6. The quantitative estimate of drug-likeness (QED) is 0.811. The highest BCUT2D eigenvalue weighted by Crippen LogP contribution is 2.17. The molecule has 124 valence electrons.